The third-order valence-electron chi connectivity index (χ3n) is 8.36. The summed E-state index contributed by atoms with van der Waals surface area (Å²) in [7, 11) is 0. The standard InChI is InChI=1S/C31H61N/c1-6-8-13-22-30-28(18-7-2)24-25-29(21-16-11-9-14-19-26(3)4)31(30)23-17-12-10-15-20-27(5)32/h26,28-31H,5-25,32H2,1-4H3. The second kappa shape index (κ2) is 18.9. The summed E-state index contributed by atoms with van der Waals surface area (Å²) < 4.78 is 0. The Morgan fingerprint density at radius 1 is 0.688 bits per heavy atom. The maximum atomic E-state index is 5.76. The fraction of sp³-hybridized carbons (Fsp3) is 0.935. The minimum Gasteiger partial charge on any atom is -0.403 e. The molecule has 1 aliphatic carbocycles. The highest BCUT2D eigenvalue weighted by atomic mass is 14.5. The number of nitrogens with two attached hydrogens (primary N) is 1. The van der Waals surface area contributed by atoms with Crippen LogP contribution < -0.4 is 5.73 Å². The summed E-state index contributed by atoms with van der Waals surface area (Å²) in [5, 5.41) is 0. The lowest BCUT2D eigenvalue weighted by molar-refractivity contribution is 0.0592. The molecule has 1 saturated carbocycles. The summed E-state index contributed by atoms with van der Waals surface area (Å²) in [5.41, 5.74) is 6.62. The van der Waals surface area contributed by atoms with E-state index in [9.17, 15) is 0 Å². The molecule has 0 bridgehead atoms. The summed E-state index contributed by atoms with van der Waals surface area (Å²) in [6.07, 6.45) is 28.4. The van der Waals surface area contributed by atoms with Crippen molar-refractivity contribution in [2.24, 2.45) is 35.3 Å². The van der Waals surface area contributed by atoms with Gasteiger partial charge in [0.1, 0.15) is 0 Å². The van der Waals surface area contributed by atoms with Crippen LogP contribution in [0, 0.1) is 29.6 Å². The molecule has 1 nitrogen and oxygen atoms in total. The molecule has 1 rings (SSSR count). The highest BCUT2D eigenvalue weighted by Crippen LogP contribution is 2.47. The summed E-state index contributed by atoms with van der Waals surface area (Å²) in [5.74, 6) is 4.94. The lowest BCUT2D eigenvalue weighted by atomic mass is 9.61. The van der Waals surface area contributed by atoms with Gasteiger partial charge in [0.05, 0.1) is 0 Å². The van der Waals surface area contributed by atoms with E-state index in [1.807, 2.05) is 0 Å². The van der Waals surface area contributed by atoms with Crippen LogP contribution in [0.2, 0.25) is 0 Å². The SMILES string of the molecule is C=C(N)CCCCCCC1C(CCCCCCC(C)C)CCC(CCC)C1CCCCC. The summed E-state index contributed by atoms with van der Waals surface area (Å²) in [6.45, 7) is 13.4. The molecule has 1 fully saturated rings. The second-order valence-corrected chi connectivity index (χ2v) is 11.7. The molecule has 0 aromatic rings. The molecular formula is C31H61N. The quantitative estimate of drug-likeness (QED) is 0.184. The van der Waals surface area contributed by atoms with Crippen molar-refractivity contribution in [2.75, 3.05) is 0 Å². The maximum Gasteiger partial charge on any atom is 0.000744 e. The molecule has 2 N–H and O–H groups in total. The Morgan fingerprint density at radius 3 is 1.78 bits per heavy atom. The molecular weight excluding hydrogens is 386 g/mol. The molecule has 0 heterocycles. The number of hydrogen-bond acceptors (Lipinski definition) is 1. The molecule has 0 spiro atoms. The Balaban J connectivity index is 2.61. The van der Waals surface area contributed by atoms with Gasteiger partial charge < -0.3 is 5.73 Å². The first-order chi connectivity index (χ1) is 15.5. The summed E-state index contributed by atoms with van der Waals surface area (Å²) in [4.78, 5) is 0. The molecule has 0 saturated heterocycles. The first-order valence-electron chi connectivity index (χ1n) is 14.9. The highest BCUT2D eigenvalue weighted by molar-refractivity contribution is 4.88. The number of unbranched alkanes of at least 4 members (excludes halogenated alkanes) is 8. The Hall–Kier alpha value is -0.460. The molecule has 0 amide bonds. The Kier molecular flexibility index (Phi) is 17.5. The smallest absolute Gasteiger partial charge is 0.000744 e. The fourth-order valence-electron chi connectivity index (χ4n) is 6.57. The maximum absolute atomic E-state index is 5.76. The Morgan fingerprint density at radius 2 is 1.22 bits per heavy atom. The molecule has 190 valence electrons. The van der Waals surface area contributed by atoms with E-state index < -0.39 is 0 Å². The molecule has 4 atom stereocenters. The average molecular weight is 448 g/mol. The third-order valence-corrected chi connectivity index (χ3v) is 8.36. The van der Waals surface area contributed by atoms with Crippen LogP contribution in [0.1, 0.15) is 156 Å². The van der Waals surface area contributed by atoms with Crippen molar-refractivity contribution < 1.29 is 0 Å². The normalized spacial score (nSPS) is 23.7. The molecule has 1 heteroatoms. The Bertz CT molecular complexity index is 440. The molecule has 0 aromatic heterocycles. The van der Waals surface area contributed by atoms with Crippen LogP contribution in [0.15, 0.2) is 12.3 Å². The first kappa shape index (κ1) is 29.6. The van der Waals surface area contributed by atoms with Gasteiger partial charge in [-0.2, -0.15) is 0 Å². The largest absolute Gasteiger partial charge is 0.403 e. The van der Waals surface area contributed by atoms with E-state index in [0.717, 1.165) is 41.7 Å². The predicted octanol–water partition coefficient (Wildman–Crippen LogP) is 10.4. The minimum atomic E-state index is 0.865. The van der Waals surface area contributed by atoms with Gasteiger partial charge in [0.15, 0.2) is 0 Å². The van der Waals surface area contributed by atoms with Gasteiger partial charge in [-0.1, -0.05) is 124 Å². The van der Waals surface area contributed by atoms with Crippen LogP contribution in [0.4, 0.5) is 0 Å². The minimum absolute atomic E-state index is 0.865. The van der Waals surface area contributed by atoms with Gasteiger partial charge in [0.2, 0.25) is 0 Å². The van der Waals surface area contributed by atoms with Crippen LogP contribution in [-0.2, 0) is 0 Å². The topological polar surface area (TPSA) is 26.0 Å². The predicted molar refractivity (Wildman–Crippen MR) is 146 cm³/mol. The summed E-state index contributed by atoms with van der Waals surface area (Å²) in [6, 6.07) is 0. The van der Waals surface area contributed by atoms with Crippen molar-refractivity contribution >= 4 is 0 Å². The van der Waals surface area contributed by atoms with Crippen molar-refractivity contribution in [3.8, 4) is 0 Å². The van der Waals surface area contributed by atoms with Gasteiger partial charge in [0, 0.05) is 5.70 Å². The zero-order chi connectivity index (χ0) is 23.6. The number of rotatable bonds is 20. The van der Waals surface area contributed by atoms with Crippen LogP contribution in [-0.4, -0.2) is 0 Å². The van der Waals surface area contributed by atoms with Crippen LogP contribution >= 0.6 is 0 Å². The second-order valence-electron chi connectivity index (χ2n) is 11.7. The zero-order valence-electron chi connectivity index (χ0n) is 22.8. The monoisotopic (exact) mass is 447 g/mol. The van der Waals surface area contributed by atoms with Gasteiger partial charge in [-0.3, -0.25) is 0 Å². The Labute approximate surface area is 203 Å². The van der Waals surface area contributed by atoms with Crippen LogP contribution in [0.25, 0.3) is 0 Å². The number of allylic oxidation sites excluding steroid dienone is 1. The van der Waals surface area contributed by atoms with Crippen molar-refractivity contribution in [1.82, 2.24) is 0 Å². The molecule has 32 heavy (non-hydrogen) atoms. The third kappa shape index (κ3) is 13.3. The van der Waals surface area contributed by atoms with E-state index in [0.29, 0.717) is 0 Å². The van der Waals surface area contributed by atoms with E-state index in [1.165, 1.54) is 122 Å². The number of hydrogen-bond donors (Lipinski definition) is 1. The van der Waals surface area contributed by atoms with Gasteiger partial charge in [-0.15, -0.1) is 0 Å². The van der Waals surface area contributed by atoms with Crippen molar-refractivity contribution in [2.45, 2.75) is 156 Å². The lowest BCUT2D eigenvalue weighted by Gasteiger charge is -2.44. The zero-order valence-corrected chi connectivity index (χ0v) is 22.8. The van der Waals surface area contributed by atoms with E-state index >= 15 is 0 Å². The first-order valence-corrected chi connectivity index (χ1v) is 14.9. The lowest BCUT2D eigenvalue weighted by Crippen LogP contribution is -2.35. The van der Waals surface area contributed by atoms with Crippen molar-refractivity contribution in [3.05, 3.63) is 12.3 Å². The van der Waals surface area contributed by atoms with E-state index in [4.69, 9.17) is 5.73 Å². The van der Waals surface area contributed by atoms with Gasteiger partial charge in [-0.05, 0) is 68.1 Å². The van der Waals surface area contributed by atoms with Crippen molar-refractivity contribution in [3.63, 3.8) is 0 Å². The van der Waals surface area contributed by atoms with E-state index in [2.05, 4.69) is 34.3 Å². The van der Waals surface area contributed by atoms with Crippen molar-refractivity contribution in [1.29, 1.82) is 0 Å². The summed E-state index contributed by atoms with van der Waals surface area (Å²) >= 11 is 0. The van der Waals surface area contributed by atoms with Gasteiger partial charge >= 0.3 is 0 Å². The highest BCUT2D eigenvalue weighted by Gasteiger charge is 2.37. The molecule has 0 radical (unpaired) electrons. The van der Waals surface area contributed by atoms with Gasteiger partial charge in [-0.25, -0.2) is 0 Å². The van der Waals surface area contributed by atoms with Crippen LogP contribution in [0.5, 0.6) is 0 Å². The molecule has 1 aliphatic rings. The molecule has 0 aromatic carbocycles. The van der Waals surface area contributed by atoms with Crippen LogP contribution in [0.3, 0.4) is 0 Å². The fourth-order valence-corrected chi connectivity index (χ4v) is 6.57. The molecule has 4 unspecified atom stereocenters. The molecule has 0 aliphatic heterocycles. The van der Waals surface area contributed by atoms with E-state index in [-0.39, 0.29) is 0 Å². The van der Waals surface area contributed by atoms with E-state index in [1.54, 1.807) is 0 Å². The average Bonchev–Trinajstić information content (AvgIpc) is 2.75. The van der Waals surface area contributed by atoms with Gasteiger partial charge in [0.25, 0.3) is 0 Å².